The average Bonchev–Trinajstić information content (AvgIpc) is 3.51. The van der Waals surface area contributed by atoms with Crippen molar-refractivity contribution < 1.29 is 23.5 Å². The summed E-state index contributed by atoms with van der Waals surface area (Å²) < 4.78 is 20.1. The molecule has 3 aromatic carbocycles. The van der Waals surface area contributed by atoms with Crippen LogP contribution in [-0.2, 0) is 11.2 Å². The van der Waals surface area contributed by atoms with Gasteiger partial charge in [-0.1, -0.05) is 30.3 Å². The number of anilines is 4. The van der Waals surface area contributed by atoms with Crippen molar-refractivity contribution in [1.82, 2.24) is 4.98 Å². The Morgan fingerprint density at radius 1 is 0.868 bits per heavy atom. The number of rotatable bonds is 6. The normalized spacial score (nSPS) is 15.9. The van der Waals surface area contributed by atoms with Crippen molar-refractivity contribution >= 4 is 51.9 Å². The monoisotopic (exact) mass is 729 g/mol. The first-order chi connectivity index (χ1) is 25.6. The van der Waals surface area contributed by atoms with E-state index in [-0.39, 0.29) is 28.8 Å². The largest absolute Gasteiger partial charge is 0.381 e. The minimum Gasteiger partial charge on any atom is -0.381 e. The molecule has 3 aliphatic heterocycles. The highest BCUT2D eigenvalue weighted by Gasteiger charge is 2.45. The maximum Gasteiger partial charge on any atom is 0.265 e. The summed E-state index contributed by atoms with van der Waals surface area (Å²) in [7, 11) is 0. The zero-order chi connectivity index (χ0) is 36.9. The number of nitrogens with zero attached hydrogens (tertiary/aromatic N) is 3. The minimum atomic E-state index is -0.481. The van der Waals surface area contributed by atoms with E-state index in [2.05, 4.69) is 15.5 Å². The van der Waals surface area contributed by atoms with Crippen molar-refractivity contribution in [2.24, 2.45) is 5.41 Å². The molecule has 2 aromatic heterocycles. The van der Waals surface area contributed by atoms with E-state index in [1.165, 1.54) is 17.4 Å². The number of hydrogen-bond acceptors (Lipinski definition) is 7. The molecule has 53 heavy (non-hydrogen) atoms. The summed E-state index contributed by atoms with van der Waals surface area (Å²) in [4.78, 5) is 51.2. The van der Waals surface area contributed by atoms with Gasteiger partial charge in [0, 0.05) is 65.6 Å². The van der Waals surface area contributed by atoms with E-state index >= 15 is 0 Å². The summed E-state index contributed by atoms with van der Waals surface area (Å²) in [6.07, 6.45) is 2.58. The van der Waals surface area contributed by atoms with Crippen molar-refractivity contribution in [2.45, 2.75) is 40.0 Å². The number of carbonyl (C=O) groups is 3. The lowest BCUT2D eigenvalue weighted by Crippen LogP contribution is -2.59. The third-order valence-electron chi connectivity index (χ3n) is 10.8. The summed E-state index contributed by atoms with van der Waals surface area (Å²) in [6, 6.07) is 23.1. The second-order valence-corrected chi connectivity index (χ2v) is 15.4. The maximum atomic E-state index is 14.5. The number of pyridine rings is 1. The molecule has 9 nitrogen and oxygen atoms in total. The fourth-order valence-corrected chi connectivity index (χ4v) is 8.71. The third-order valence-corrected chi connectivity index (χ3v) is 12.0. The fourth-order valence-electron chi connectivity index (χ4n) is 7.57. The second-order valence-electron chi connectivity index (χ2n) is 14.3. The van der Waals surface area contributed by atoms with Crippen LogP contribution >= 0.6 is 11.3 Å². The zero-order valence-electron chi connectivity index (χ0n) is 29.9. The number of ether oxygens (including phenoxy) is 1. The lowest BCUT2D eigenvalue weighted by Gasteiger charge is -2.53. The van der Waals surface area contributed by atoms with Crippen molar-refractivity contribution in [2.75, 3.05) is 53.3 Å². The van der Waals surface area contributed by atoms with Crippen molar-refractivity contribution in [3.63, 3.8) is 0 Å². The number of thiophene rings is 1. The summed E-state index contributed by atoms with van der Waals surface area (Å²) in [5, 5.41) is 5.78. The van der Waals surface area contributed by atoms with E-state index in [1.807, 2.05) is 50.2 Å². The van der Waals surface area contributed by atoms with Crippen molar-refractivity contribution in [3.05, 3.63) is 123 Å². The molecule has 1 spiro atoms. The van der Waals surface area contributed by atoms with Gasteiger partial charge in [0.1, 0.15) is 11.6 Å². The van der Waals surface area contributed by atoms with Crippen LogP contribution in [0.1, 0.15) is 65.6 Å². The van der Waals surface area contributed by atoms with Crippen LogP contribution in [0.4, 0.5) is 27.3 Å². The van der Waals surface area contributed by atoms with Crippen LogP contribution in [0.15, 0.2) is 78.9 Å². The molecule has 0 saturated carbocycles. The molecule has 0 unspecified atom stereocenters. The molecule has 270 valence electrons. The van der Waals surface area contributed by atoms with Gasteiger partial charge >= 0.3 is 0 Å². The van der Waals surface area contributed by atoms with Gasteiger partial charge in [-0.25, -0.2) is 9.37 Å². The van der Waals surface area contributed by atoms with E-state index < -0.39 is 5.82 Å². The number of carbonyl (C=O) groups excluding carboxylic acids is 3. The number of para-hydroxylation sites is 2. The SMILES string of the molecule is Cc1cc(C(=O)Nc2ccc(C(=O)N3CCc4cc(C(=O)Nc5c(C)cccc5F)sc4-c4ccccc43)cc2)c(N2CC3(CCOCC3)C2)nc1C. The summed E-state index contributed by atoms with van der Waals surface area (Å²) in [6.45, 7) is 9.37. The van der Waals surface area contributed by atoms with Gasteiger partial charge in [0.2, 0.25) is 0 Å². The molecule has 11 heteroatoms. The molecular weight excluding hydrogens is 690 g/mol. The molecule has 5 heterocycles. The van der Waals surface area contributed by atoms with E-state index in [0.29, 0.717) is 46.0 Å². The molecule has 2 saturated heterocycles. The summed E-state index contributed by atoms with van der Waals surface area (Å²) in [5.74, 6) is -0.560. The van der Waals surface area contributed by atoms with E-state index in [0.717, 1.165) is 72.1 Å². The summed E-state index contributed by atoms with van der Waals surface area (Å²) in [5.41, 5.74) is 7.05. The molecule has 0 atom stereocenters. The van der Waals surface area contributed by atoms with Crippen molar-refractivity contribution in [1.29, 1.82) is 0 Å². The maximum absolute atomic E-state index is 14.5. The molecule has 5 aromatic rings. The van der Waals surface area contributed by atoms with Crippen LogP contribution in [0, 0.1) is 32.0 Å². The zero-order valence-corrected chi connectivity index (χ0v) is 30.7. The van der Waals surface area contributed by atoms with E-state index in [9.17, 15) is 18.8 Å². The molecule has 2 fully saturated rings. The molecule has 0 radical (unpaired) electrons. The Kier molecular flexibility index (Phi) is 9.08. The van der Waals surface area contributed by atoms with E-state index in [4.69, 9.17) is 9.72 Å². The number of aromatic nitrogens is 1. The van der Waals surface area contributed by atoms with Crippen LogP contribution in [-0.4, -0.2) is 55.6 Å². The molecule has 8 rings (SSSR count). The number of amides is 3. The highest BCUT2D eigenvalue weighted by Crippen LogP contribution is 2.44. The quantitative estimate of drug-likeness (QED) is 0.183. The Labute approximate surface area is 311 Å². The summed E-state index contributed by atoms with van der Waals surface area (Å²) >= 11 is 1.34. The van der Waals surface area contributed by atoms with Crippen LogP contribution in [0.25, 0.3) is 10.4 Å². The molecular formula is C42H40FN5O4S. The number of hydrogen-bond donors (Lipinski definition) is 2. The second kappa shape index (κ2) is 13.9. The van der Waals surface area contributed by atoms with Crippen LogP contribution in [0.2, 0.25) is 0 Å². The molecule has 2 N–H and O–H groups in total. The topological polar surface area (TPSA) is 104 Å². The van der Waals surface area contributed by atoms with Crippen LogP contribution < -0.4 is 20.4 Å². The number of nitrogens with one attached hydrogen (secondary N) is 2. The molecule has 3 amide bonds. The van der Waals surface area contributed by atoms with Gasteiger partial charge in [-0.3, -0.25) is 14.4 Å². The third kappa shape index (κ3) is 6.59. The van der Waals surface area contributed by atoms with Gasteiger partial charge in [-0.15, -0.1) is 11.3 Å². The van der Waals surface area contributed by atoms with Crippen LogP contribution in [0.3, 0.4) is 0 Å². The highest BCUT2D eigenvalue weighted by molar-refractivity contribution is 7.17. The standard InChI is InChI=1S/C42H40FN5O4S/c1-25-7-6-9-33(43)36(25)46-40(50)35-22-29-15-18-48(34-10-5-4-8-31(34)37(29)53-35)41(51)28-11-13-30(14-12-28)45-39(49)32-21-26(2)27(3)44-38(32)47-23-42(24-47)16-19-52-20-17-42/h4-14,21-22H,15-20,23-24H2,1-3H3,(H,45,49)(H,46,50). The first-order valence-electron chi connectivity index (χ1n) is 17.9. The highest BCUT2D eigenvalue weighted by atomic mass is 32.1. The Morgan fingerprint density at radius 2 is 1.62 bits per heavy atom. The van der Waals surface area contributed by atoms with Gasteiger partial charge in [-0.05, 0) is 105 Å². The van der Waals surface area contributed by atoms with Gasteiger partial charge in [0.25, 0.3) is 17.7 Å². The number of fused-ring (bicyclic) bond motifs is 3. The Balaban J connectivity index is 0.983. The van der Waals surface area contributed by atoms with Gasteiger partial charge < -0.3 is 25.2 Å². The van der Waals surface area contributed by atoms with Gasteiger partial charge in [0.05, 0.1) is 21.8 Å². The van der Waals surface area contributed by atoms with Gasteiger partial charge in [0.15, 0.2) is 0 Å². The molecule has 3 aliphatic rings. The fraction of sp³-hybridized carbons (Fsp3) is 0.286. The van der Waals surface area contributed by atoms with Crippen LogP contribution in [0.5, 0.6) is 0 Å². The predicted molar refractivity (Wildman–Crippen MR) is 207 cm³/mol. The lowest BCUT2D eigenvalue weighted by atomic mass is 9.73. The van der Waals surface area contributed by atoms with E-state index in [1.54, 1.807) is 48.2 Å². The van der Waals surface area contributed by atoms with Gasteiger partial charge in [-0.2, -0.15) is 0 Å². The number of benzene rings is 3. The number of halogens is 1. The Hall–Kier alpha value is -5.39. The molecule has 0 bridgehead atoms. The Morgan fingerprint density at radius 3 is 2.38 bits per heavy atom. The minimum absolute atomic E-state index is 0.168. The Bertz CT molecular complexity index is 2230. The van der Waals surface area contributed by atoms with Crippen molar-refractivity contribution in [3.8, 4) is 10.4 Å². The first kappa shape index (κ1) is 34.7. The average molecular weight is 730 g/mol. The first-order valence-corrected chi connectivity index (χ1v) is 18.7. The lowest BCUT2D eigenvalue weighted by molar-refractivity contribution is -0.000520. The predicted octanol–water partition coefficient (Wildman–Crippen LogP) is 8.20. The molecule has 0 aliphatic carbocycles. The smallest absolute Gasteiger partial charge is 0.265 e. The number of aryl methyl sites for hydroxylation is 3.